The van der Waals surface area contributed by atoms with Crippen molar-refractivity contribution in [1.82, 2.24) is 4.57 Å². The van der Waals surface area contributed by atoms with Crippen LogP contribution in [0.15, 0.2) is 48.5 Å². The predicted molar refractivity (Wildman–Crippen MR) is 107 cm³/mol. The fraction of sp³-hybridized carbons (Fsp3) is 0.174. The fourth-order valence-corrected chi connectivity index (χ4v) is 3.47. The summed E-state index contributed by atoms with van der Waals surface area (Å²) in [4.78, 5) is 16.0. The van der Waals surface area contributed by atoms with Gasteiger partial charge in [-0.1, -0.05) is 42.5 Å². The molecule has 5 nitrogen and oxygen atoms in total. The van der Waals surface area contributed by atoms with Gasteiger partial charge in [0.2, 0.25) is 5.69 Å². The number of benzene rings is 2. The number of carbonyl (C=O) groups is 1. The molecule has 3 aromatic rings. The van der Waals surface area contributed by atoms with E-state index >= 15 is 0 Å². The van der Waals surface area contributed by atoms with E-state index in [0.717, 1.165) is 28.1 Å². The number of ether oxygens (including phenoxy) is 1. The molecule has 0 atom stereocenters. The molecule has 0 saturated heterocycles. The molecule has 1 heterocycles. The van der Waals surface area contributed by atoms with E-state index < -0.39 is 5.97 Å². The van der Waals surface area contributed by atoms with Gasteiger partial charge in [0.1, 0.15) is 0 Å². The molecule has 0 unspecified atom stereocenters. The molecule has 5 heteroatoms. The van der Waals surface area contributed by atoms with Crippen LogP contribution >= 0.6 is 0 Å². The lowest BCUT2D eigenvalue weighted by Crippen LogP contribution is -2.07. The zero-order valence-corrected chi connectivity index (χ0v) is 16.0. The molecule has 0 amide bonds. The van der Waals surface area contributed by atoms with E-state index in [2.05, 4.69) is 15.5 Å². The van der Waals surface area contributed by atoms with Crippen molar-refractivity contribution in [2.45, 2.75) is 20.4 Å². The minimum Gasteiger partial charge on any atom is -0.465 e. The second-order valence-corrected chi connectivity index (χ2v) is 6.44. The van der Waals surface area contributed by atoms with Crippen LogP contribution in [0.1, 0.15) is 32.9 Å². The summed E-state index contributed by atoms with van der Waals surface area (Å²) >= 11 is 0. The zero-order chi connectivity index (χ0) is 20.3. The van der Waals surface area contributed by atoms with Crippen LogP contribution in [-0.2, 0) is 11.3 Å². The van der Waals surface area contributed by atoms with Gasteiger partial charge in [-0.2, -0.15) is 5.26 Å². The molecule has 0 bridgehead atoms. The first-order chi connectivity index (χ1) is 13.5. The summed E-state index contributed by atoms with van der Waals surface area (Å²) in [5.74, 6) is -0.421. The molecule has 1 aromatic heterocycles. The maximum absolute atomic E-state index is 12.6. The Morgan fingerprint density at radius 3 is 2.50 bits per heavy atom. The summed E-state index contributed by atoms with van der Waals surface area (Å²) in [6.45, 7) is 11.7. The van der Waals surface area contributed by atoms with Crippen LogP contribution in [0.25, 0.3) is 16.0 Å². The van der Waals surface area contributed by atoms with Crippen molar-refractivity contribution in [2.24, 2.45) is 0 Å². The van der Waals surface area contributed by atoms with Gasteiger partial charge in [0.25, 0.3) is 0 Å². The molecular weight excluding hydrogens is 350 g/mol. The minimum atomic E-state index is -0.421. The third-order valence-electron chi connectivity index (χ3n) is 4.88. The van der Waals surface area contributed by atoms with Crippen LogP contribution in [0.2, 0.25) is 0 Å². The molecule has 0 spiro atoms. The third kappa shape index (κ3) is 3.26. The van der Waals surface area contributed by atoms with Crippen molar-refractivity contribution < 1.29 is 9.53 Å². The number of hydrogen-bond donors (Lipinski definition) is 0. The standard InChI is InChI=1S/C23H19N3O2/c1-15-21(18-10-11-20(25-3)19(12-18)13-24)22(23(27)28-4)16(2)26(15)14-17-8-6-5-7-9-17/h5-12H,14H2,1-2,4H3. The smallest absolute Gasteiger partial charge is 0.340 e. The number of rotatable bonds is 4. The molecule has 138 valence electrons. The molecule has 0 aliphatic rings. The lowest BCUT2D eigenvalue weighted by molar-refractivity contribution is 0.0600. The molecule has 0 fully saturated rings. The Morgan fingerprint density at radius 2 is 1.89 bits per heavy atom. The third-order valence-corrected chi connectivity index (χ3v) is 4.88. The average molecular weight is 369 g/mol. The van der Waals surface area contributed by atoms with Gasteiger partial charge in [-0.05, 0) is 31.0 Å². The molecular formula is C23H19N3O2. The average Bonchev–Trinajstić information content (AvgIpc) is 2.98. The van der Waals surface area contributed by atoms with Gasteiger partial charge in [-0.15, -0.1) is 0 Å². The Balaban J connectivity index is 2.23. The van der Waals surface area contributed by atoms with Gasteiger partial charge in [0.05, 0.1) is 30.9 Å². The number of esters is 1. The summed E-state index contributed by atoms with van der Waals surface area (Å²) in [6, 6.07) is 17.1. The normalized spacial score (nSPS) is 10.2. The van der Waals surface area contributed by atoms with Gasteiger partial charge >= 0.3 is 5.97 Å². The number of nitriles is 1. The first-order valence-electron chi connectivity index (χ1n) is 8.75. The summed E-state index contributed by atoms with van der Waals surface area (Å²) in [6.07, 6.45) is 0. The second kappa shape index (κ2) is 7.82. The van der Waals surface area contributed by atoms with Crippen LogP contribution in [0.5, 0.6) is 0 Å². The quantitative estimate of drug-likeness (QED) is 0.479. The molecule has 0 aliphatic heterocycles. The molecule has 0 aliphatic carbocycles. The van der Waals surface area contributed by atoms with Gasteiger partial charge in [-0.3, -0.25) is 0 Å². The summed E-state index contributed by atoms with van der Waals surface area (Å²) in [7, 11) is 1.36. The Labute approximate surface area is 164 Å². The number of hydrogen-bond acceptors (Lipinski definition) is 3. The second-order valence-electron chi connectivity index (χ2n) is 6.44. The number of aromatic nitrogens is 1. The number of carbonyl (C=O) groups excluding carboxylic acids is 1. The van der Waals surface area contributed by atoms with Crippen LogP contribution < -0.4 is 0 Å². The van der Waals surface area contributed by atoms with Crippen molar-refractivity contribution >= 4 is 11.7 Å². The van der Waals surface area contributed by atoms with Crippen molar-refractivity contribution in [1.29, 1.82) is 5.26 Å². The van der Waals surface area contributed by atoms with Gasteiger partial charge < -0.3 is 9.30 Å². The monoisotopic (exact) mass is 369 g/mol. The predicted octanol–water partition coefficient (Wildman–Crippen LogP) is 5.03. The van der Waals surface area contributed by atoms with Crippen LogP contribution in [0.3, 0.4) is 0 Å². The highest BCUT2D eigenvalue weighted by atomic mass is 16.5. The van der Waals surface area contributed by atoms with E-state index in [1.165, 1.54) is 7.11 Å². The molecule has 3 rings (SSSR count). The van der Waals surface area contributed by atoms with Gasteiger partial charge in [0.15, 0.2) is 0 Å². The largest absolute Gasteiger partial charge is 0.465 e. The Morgan fingerprint density at radius 1 is 1.18 bits per heavy atom. The number of nitrogens with zero attached hydrogens (tertiary/aromatic N) is 3. The highest BCUT2D eigenvalue weighted by molar-refractivity contribution is 6.00. The zero-order valence-electron chi connectivity index (χ0n) is 16.0. The minimum absolute atomic E-state index is 0.288. The van der Waals surface area contributed by atoms with E-state index in [-0.39, 0.29) is 5.56 Å². The van der Waals surface area contributed by atoms with Gasteiger partial charge in [-0.25, -0.2) is 9.64 Å². The fourth-order valence-electron chi connectivity index (χ4n) is 3.47. The Bertz CT molecular complexity index is 1130. The summed E-state index contributed by atoms with van der Waals surface area (Å²) in [5, 5.41) is 9.38. The first-order valence-corrected chi connectivity index (χ1v) is 8.75. The SMILES string of the molecule is [C-]#[N+]c1ccc(-c2c(C(=O)OC)c(C)n(Cc3ccccc3)c2C)cc1C#N. The molecule has 28 heavy (non-hydrogen) atoms. The van der Waals surface area contributed by atoms with Crippen LogP contribution in [0, 0.1) is 31.8 Å². The highest BCUT2D eigenvalue weighted by Gasteiger charge is 2.25. The van der Waals surface area contributed by atoms with Crippen molar-refractivity contribution in [3.8, 4) is 17.2 Å². The van der Waals surface area contributed by atoms with E-state index in [0.29, 0.717) is 17.8 Å². The highest BCUT2D eigenvalue weighted by Crippen LogP contribution is 2.35. The number of methoxy groups -OCH3 is 1. The van der Waals surface area contributed by atoms with Crippen molar-refractivity contribution in [3.63, 3.8) is 0 Å². The Kier molecular flexibility index (Phi) is 5.29. The molecule has 0 saturated carbocycles. The first kappa shape index (κ1) is 18.9. The summed E-state index contributed by atoms with van der Waals surface area (Å²) < 4.78 is 7.11. The molecule has 0 radical (unpaired) electrons. The van der Waals surface area contributed by atoms with Crippen molar-refractivity contribution in [2.75, 3.05) is 7.11 Å². The molecule has 2 aromatic carbocycles. The van der Waals surface area contributed by atoms with E-state index in [1.54, 1.807) is 18.2 Å². The maximum Gasteiger partial charge on any atom is 0.340 e. The van der Waals surface area contributed by atoms with Crippen LogP contribution in [-0.4, -0.2) is 17.6 Å². The Hall–Kier alpha value is -3.83. The van der Waals surface area contributed by atoms with E-state index in [9.17, 15) is 10.1 Å². The van der Waals surface area contributed by atoms with E-state index in [4.69, 9.17) is 11.3 Å². The van der Waals surface area contributed by atoms with Crippen LogP contribution in [0.4, 0.5) is 5.69 Å². The van der Waals surface area contributed by atoms with E-state index in [1.807, 2.05) is 44.2 Å². The lowest BCUT2D eigenvalue weighted by atomic mass is 9.98. The maximum atomic E-state index is 12.6. The van der Waals surface area contributed by atoms with Crippen molar-refractivity contribution in [3.05, 3.63) is 88.0 Å². The van der Waals surface area contributed by atoms with Gasteiger partial charge in [0, 0.05) is 23.5 Å². The summed E-state index contributed by atoms with van der Waals surface area (Å²) in [5.41, 5.74) is 5.34. The lowest BCUT2D eigenvalue weighted by Gasteiger charge is -2.10. The topological polar surface area (TPSA) is 59.4 Å². The molecule has 0 N–H and O–H groups in total.